The highest BCUT2D eigenvalue weighted by molar-refractivity contribution is 5.69. The van der Waals surface area contributed by atoms with Crippen LogP contribution in [0.2, 0.25) is 0 Å². The van der Waals surface area contributed by atoms with E-state index in [1.165, 1.54) is 6.42 Å². The highest BCUT2D eigenvalue weighted by atomic mass is 16.4. The van der Waals surface area contributed by atoms with Gasteiger partial charge in [0.05, 0.1) is 5.92 Å². The van der Waals surface area contributed by atoms with Crippen LogP contribution in [0.5, 0.6) is 0 Å². The van der Waals surface area contributed by atoms with E-state index in [0.29, 0.717) is 0 Å². The molecule has 3 heteroatoms. The normalized spacial score (nSPS) is 18.0. The Morgan fingerprint density at radius 1 is 1.27 bits per heavy atom. The van der Waals surface area contributed by atoms with Gasteiger partial charge in [-0.25, -0.2) is 5.26 Å². The van der Waals surface area contributed by atoms with E-state index in [1.807, 2.05) is 0 Å². The predicted octanol–water partition coefficient (Wildman–Crippen LogP) is 1.79. The van der Waals surface area contributed by atoms with Crippen LogP contribution in [0.15, 0.2) is 0 Å². The molecule has 0 aromatic carbocycles. The molecule has 0 spiro atoms. The molecule has 0 unspecified atom stereocenters. The Bertz CT molecular complexity index is 136. The van der Waals surface area contributed by atoms with Crippen LogP contribution >= 0.6 is 0 Å². The van der Waals surface area contributed by atoms with E-state index in [4.69, 9.17) is 10.4 Å². The summed E-state index contributed by atoms with van der Waals surface area (Å²) in [7, 11) is 0. The lowest BCUT2D eigenvalue weighted by molar-refractivity contribution is -0.142. The van der Waals surface area contributed by atoms with Crippen LogP contribution in [-0.4, -0.2) is 11.1 Å². The van der Waals surface area contributed by atoms with Gasteiger partial charge >= 0.3 is 5.97 Å². The standard InChI is InChI=1S/C7H12O2.CHN/c8-7(9)6-4-2-1-3-5-6;1-2/h6H,1-5H2,(H,8,9);1H. The Balaban J connectivity index is 0.000000461. The van der Waals surface area contributed by atoms with Crippen molar-refractivity contribution in [3.05, 3.63) is 0 Å². The maximum Gasteiger partial charge on any atom is 0.306 e. The molecule has 0 radical (unpaired) electrons. The van der Waals surface area contributed by atoms with Crippen molar-refractivity contribution in [2.45, 2.75) is 32.1 Å². The van der Waals surface area contributed by atoms with Gasteiger partial charge in [0, 0.05) is 6.57 Å². The maximum atomic E-state index is 10.4. The van der Waals surface area contributed by atoms with Crippen molar-refractivity contribution in [3.8, 4) is 6.57 Å². The number of nitrogens with zero attached hydrogens (tertiary/aromatic N) is 1. The highest BCUT2D eigenvalue weighted by Crippen LogP contribution is 2.23. The Morgan fingerprint density at radius 2 is 1.73 bits per heavy atom. The zero-order valence-electron chi connectivity index (χ0n) is 6.49. The first kappa shape index (κ1) is 9.96. The third-order valence-corrected chi connectivity index (χ3v) is 1.95. The molecule has 0 amide bonds. The third-order valence-electron chi connectivity index (χ3n) is 1.95. The lowest BCUT2D eigenvalue weighted by Crippen LogP contribution is -2.16. The quantitative estimate of drug-likeness (QED) is 0.628. The minimum absolute atomic E-state index is 0.0289. The van der Waals surface area contributed by atoms with Gasteiger partial charge in [-0.05, 0) is 12.8 Å². The molecule has 11 heavy (non-hydrogen) atoms. The number of nitriles is 1. The second-order valence-corrected chi connectivity index (χ2v) is 2.67. The van der Waals surface area contributed by atoms with Crippen LogP contribution in [0.1, 0.15) is 32.1 Å². The third kappa shape index (κ3) is 3.61. The van der Waals surface area contributed by atoms with Gasteiger partial charge in [0.15, 0.2) is 0 Å². The number of carboxylic acid groups (broad SMARTS) is 1. The molecule has 1 aliphatic carbocycles. The Kier molecular flexibility index (Phi) is 5.18. The molecule has 3 nitrogen and oxygen atoms in total. The summed E-state index contributed by atoms with van der Waals surface area (Å²) in [5, 5.41) is 15.0. The number of hydrogen-bond acceptors (Lipinski definition) is 2. The Morgan fingerprint density at radius 3 is 2.00 bits per heavy atom. The molecule has 0 atom stereocenters. The number of hydrogen-bond donors (Lipinski definition) is 1. The number of carbonyl (C=O) groups is 1. The van der Waals surface area contributed by atoms with E-state index in [9.17, 15) is 4.79 Å². The molecule has 0 aliphatic heterocycles. The van der Waals surface area contributed by atoms with Crippen molar-refractivity contribution < 1.29 is 9.90 Å². The van der Waals surface area contributed by atoms with Crippen molar-refractivity contribution >= 4 is 5.97 Å². The molecule has 0 bridgehead atoms. The molecular formula is C8H13NO2. The molecule has 1 fully saturated rings. The van der Waals surface area contributed by atoms with Gasteiger partial charge in [0.2, 0.25) is 0 Å². The summed E-state index contributed by atoms with van der Waals surface area (Å²) in [6.45, 7) is 3.50. The van der Waals surface area contributed by atoms with Gasteiger partial charge in [0.1, 0.15) is 0 Å². The van der Waals surface area contributed by atoms with E-state index in [2.05, 4.69) is 6.57 Å². The fourth-order valence-electron chi connectivity index (χ4n) is 1.35. The molecule has 0 saturated heterocycles. The molecule has 0 heterocycles. The molecule has 0 aromatic rings. The first-order chi connectivity index (χ1) is 5.30. The fourth-order valence-corrected chi connectivity index (χ4v) is 1.35. The van der Waals surface area contributed by atoms with Crippen molar-refractivity contribution in [2.75, 3.05) is 0 Å². The van der Waals surface area contributed by atoms with Crippen LogP contribution in [-0.2, 0) is 4.79 Å². The molecule has 0 aromatic heterocycles. The smallest absolute Gasteiger partial charge is 0.306 e. The summed E-state index contributed by atoms with van der Waals surface area (Å²) >= 11 is 0. The SMILES string of the molecule is C#N.O=C(O)C1CCCCC1. The summed E-state index contributed by atoms with van der Waals surface area (Å²) in [5.74, 6) is -0.631. The van der Waals surface area contributed by atoms with E-state index in [0.717, 1.165) is 25.7 Å². The molecule has 1 rings (SSSR count). The molecule has 1 saturated carbocycles. The second-order valence-electron chi connectivity index (χ2n) is 2.67. The molecular weight excluding hydrogens is 142 g/mol. The fraction of sp³-hybridized carbons (Fsp3) is 0.750. The van der Waals surface area contributed by atoms with Gasteiger partial charge in [-0.2, -0.15) is 0 Å². The average Bonchev–Trinajstić information content (AvgIpc) is 2.10. The zero-order chi connectivity index (χ0) is 8.69. The van der Waals surface area contributed by atoms with E-state index >= 15 is 0 Å². The molecule has 1 aliphatic rings. The topological polar surface area (TPSA) is 61.1 Å². The number of carboxylic acids is 1. The summed E-state index contributed by atoms with van der Waals surface area (Å²) in [6, 6.07) is 0. The van der Waals surface area contributed by atoms with Crippen LogP contribution in [0, 0.1) is 17.8 Å². The van der Waals surface area contributed by atoms with Crippen LogP contribution in [0.25, 0.3) is 0 Å². The number of aliphatic carboxylic acids is 1. The monoisotopic (exact) mass is 155 g/mol. The summed E-state index contributed by atoms with van der Waals surface area (Å²) in [6.07, 6.45) is 5.24. The zero-order valence-corrected chi connectivity index (χ0v) is 6.49. The minimum Gasteiger partial charge on any atom is -0.481 e. The van der Waals surface area contributed by atoms with Crippen LogP contribution in [0.4, 0.5) is 0 Å². The van der Waals surface area contributed by atoms with Gasteiger partial charge in [-0.15, -0.1) is 0 Å². The average molecular weight is 155 g/mol. The lowest BCUT2D eigenvalue weighted by atomic mass is 9.90. The molecule has 1 N–H and O–H groups in total. The Labute approximate surface area is 66.6 Å². The summed E-state index contributed by atoms with van der Waals surface area (Å²) in [5.41, 5.74) is 0. The van der Waals surface area contributed by atoms with E-state index in [1.54, 1.807) is 0 Å². The second kappa shape index (κ2) is 5.72. The molecule has 62 valence electrons. The van der Waals surface area contributed by atoms with Gasteiger partial charge in [-0.3, -0.25) is 4.79 Å². The summed E-state index contributed by atoms with van der Waals surface area (Å²) in [4.78, 5) is 10.4. The Hall–Kier alpha value is -1.04. The van der Waals surface area contributed by atoms with E-state index in [-0.39, 0.29) is 5.92 Å². The van der Waals surface area contributed by atoms with E-state index < -0.39 is 5.97 Å². The first-order valence-corrected chi connectivity index (χ1v) is 3.79. The lowest BCUT2D eigenvalue weighted by Gasteiger charge is -2.16. The maximum absolute atomic E-state index is 10.4. The highest BCUT2D eigenvalue weighted by Gasteiger charge is 2.19. The van der Waals surface area contributed by atoms with Crippen molar-refractivity contribution in [3.63, 3.8) is 0 Å². The van der Waals surface area contributed by atoms with Crippen molar-refractivity contribution in [2.24, 2.45) is 5.92 Å². The predicted molar refractivity (Wildman–Crippen MR) is 40.9 cm³/mol. The van der Waals surface area contributed by atoms with Crippen LogP contribution < -0.4 is 0 Å². The van der Waals surface area contributed by atoms with Crippen molar-refractivity contribution in [1.82, 2.24) is 0 Å². The first-order valence-electron chi connectivity index (χ1n) is 3.79. The minimum atomic E-state index is -0.602. The largest absolute Gasteiger partial charge is 0.481 e. The van der Waals surface area contributed by atoms with Gasteiger partial charge < -0.3 is 5.11 Å². The van der Waals surface area contributed by atoms with Gasteiger partial charge in [-0.1, -0.05) is 19.3 Å². The number of rotatable bonds is 1. The van der Waals surface area contributed by atoms with Crippen molar-refractivity contribution in [1.29, 1.82) is 5.26 Å². The summed E-state index contributed by atoms with van der Waals surface area (Å²) < 4.78 is 0. The van der Waals surface area contributed by atoms with Crippen LogP contribution in [0.3, 0.4) is 0 Å². The van der Waals surface area contributed by atoms with Gasteiger partial charge in [0.25, 0.3) is 0 Å².